The molecule has 1 aromatic heterocycles. The minimum atomic E-state index is -0.840. The van der Waals surface area contributed by atoms with E-state index in [-0.39, 0.29) is 0 Å². The molecular formula is C12H7BrO2S. The van der Waals surface area contributed by atoms with Crippen molar-refractivity contribution < 1.29 is 9.90 Å². The van der Waals surface area contributed by atoms with Crippen LogP contribution in [-0.4, -0.2) is 11.1 Å². The van der Waals surface area contributed by atoms with Gasteiger partial charge in [0.25, 0.3) is 0 Å². The molecule has 1 aromatic carbocycles. The van der Waals surface area contributed by atoms with Gasteiger partial charge in [0, 0.05) is 26.7 Å². The van der Waals surface area contributed by atoms with Crippen molar-refractivity contribution in [1.82, 2.24) is 0 Å². The van der Waals surface area contributed by atoms with Crippen LogP contribution in [0.25, 0.3) is 11.1 Å². The van der Waals surface area contributed by atoms with E-state index in [1.807, 2.05) is 12.1 Å². The molecule has 1 aliphatic carbocycles. The molecule has 16 heavy (non-hydrogen) atoms. The van der Waals surface area contributed by atoms with E-state index in [9.17, 15) is 4.79 Å². The molecule has 0 spiro atoms. The fourth-order valence-corrected chi connectivity index (χ4v) is 3.57. The van der Waals surface area contributed by atoms with E-state index in [1.165, 1.54) is 16.9 Å². The summed E-state index contributed by atoms with van der Waals surface area (Å²) in [5.74, 6) is -0.840. The molecule has 0 atom stereocenters. The Hall–Kier alpha value is -1.13. The average molecular weight is 295 g/mol. The first kappa shape index (κ1) is 10.1. The zero-order valence-electron chi connectivity index (χ0n) is 8.16. The van der Waals surface area contributed by atoms with Gasteiger partial charge in [0.2, 0.25) is 0 Å². The smallest absolute Gasteiger partial charge is 0.337 e. The van der Waals surface area contributed by atoms with E-state index < -0.39 is 5.97 Å². The Morgan fingerprint density at radius 1 is 1.44 bits per heavy atom. The van der Waals surface area contributed by atoms with E-state index in [4.69, 9.17) is 5.11 Å². The van der Waals surface area contributed by atoms with Gasteiger partial charge in [-0.2, -0.15) is 0 Å². The first-order chi connectivity index (χ1) is 7.66. The van der Waals surface area contributed by atoms with Crippen molar-refractivity contribution in [1.29, 1.82) is 0 Å². The van der Waals surface area contributed by atoms with Crippen LogP contribution < -0.4 is 0 Å². The van der Waals surface area contributed by atoms with E-state index in [1.54, 1.807) is 5.38 Å². The number of carboxylic acids is 1. The molecule has 0 saturated heterocycles. The number of hydrogen-bond donors (Lipinski definition) is 1. The highest BCUT2D eigenvalue weighted by atomic mass is 79.9. The number of halogens is 1. The minimum absolute atomic E-state index is 0.432. The molecule has 2 nitrogen and oxygen atoms in total. The third-order valence-corrected chi connectivity index (χ3v) is 4.27. The molecule has 0 fully saturated rings. The number of rotatable bonds is 1. The lowest BCUT2D eigenvalue weighted by Gasteiger charge is -2.01. The summed E-state index contributed by atoms with van der Waals surface area (Å²) < 4.78 is 1.04. The third kappa shape index (κ3) is 1.33. The van der Waals surface area contributed by atoms with Crippen molar-refractivity contribution in [3.8, 4) is 11.1 Å². The van der Waals surface area contributed by atoms with Gasteiger partial charge in [-0.1, -0.05) is 22.0 Å². The fourth-order valence-electron chi connectivity index (χ4n) is 2.11. The normalized spacial score (nSPS) is 12.3. The summed E-state index contributed by atoms with van der Waals surface area (Å²) in [6, 6.07) is 6.01. The molecule has 1 N–H and O–H groups in total. The van der Waals surface area contributed by atoms with Crippen molar-refractivity contribution in [3.05, 3.63) is 44.1 Å². The van der Waals surface area contributed by atoms with Crippen LogP contribution in [0.5, 0.6) is 0 Å². The van der Waals surface area contributed by atoms with Gasteiger partial charge < -0.3 is 5.11 Å². The van der Waals surface area contributed by atoms with E-state index >= 15 is 0 Å². The molecule has 3 rings (SSSR count). The van der Waals surface area contributed by atoms with Crippen LogP contribution in [0.4, 0.5) is 0 Å². The molecular weight excluding hydrogens is 288 g/mol. The maximum Gasteiger partial charge on any atom is 0.337 e. The molecule has 0 aliphatic heterocycles. The number of fused-ring (bicyclic) bond motifs is 3. The molecule has 1 aliphatic rings. The topological polar surface area (TPSA) is 37.3 Å². The van der Waals surface area contributed by atoms with Crippen molar-refractivity contribution in [2.75, 3.05) is 0 Å². The van der Waals surface area contributed by atoms with Gasteiger partial charge in [0.1, 0.15) is 0 Å². The number of hydrogen-bond acceptors (Lipinski definition) is 2. The van der Waals surface area contributed by atoms with Crippen LogP contribution >= 0.6 is 27.3 Å². The van der Waals surface area contributed by atoms with Crippen LogP contribution in [0.1, 0.15) is 20.8 Å². The van der Waals surface area contributed by atoms with Gasteiger partial charge in [0.15, 0.2) is 0 Å². The molecule has 4 heteroatoms. The second-order valence-corrected chi connectivity index (χ2v) is 5.61. The lowest BCUT2D eigenvalue weighted by atomic mass is 10.0. The summed E-state index contributed by atoms with van der Waals surface area (Å²) in [6.45, 7) is 0. The number of carbonyl (C=O) groups is 1. The number of carboxylic acid groups (broad SMARTS) is 1. The Morgan fingerprint density at radius 2 is 2.25 bits per heavy atom. The Labute approximate surface area is 105 Å². The van der Waals surface area contributed by atoms with E-state index in [0.29, 0.717) is 5.56 Å². The number of benzene rings is 1. The van der Waals surface area contributed by atoms with Crippen molar-refractivity contribution in [2.24, 2.45) is 0 Å². The van der Waals surface area contributed by atoms with E-state index in [2.05, 4.69) is 22.0 Å². The monoisotopic (exact) mass is 294 g/mol. The van der Waals surface area contributed by atoms with Gasteiger partial charge in [-0.15, -0.1) is 11.3 Å². The molecule has 0 saturated carbocycles. The van der Waals surface area contributed by atoms with Crippen LogP contribution in [-0.2, 0) is 6.42 Å². The Morgan fingerprint density at radius 3 is 3.00 bits per heavy atom. The largest absolute Gasteiger partial charge is 0.478 e. The van der Waals surface area contributed by atoms with Crippen molar-refractivity contribution >= 4 is 33.2 Å². The van der Waals surface area contributed by atoms with Gasteiger partial charge in [0.05, 0.1) is 5.56 Å². The van der Waals surface area contributed by atoms with Gasteiger partial charge >= 0.3 is 5.97 Å². The summed E-state index contributed by atoms with van der Waals surface area (Å²) >= 11 is 4.97. The number of thiophene rings is 1. The lowest BCUT2D eigenvalue weighted by Crippen LogP contribution is -1.95. The number of aromatic carboxylic acids is 1. The second-order valence-electron chi connectivity index (χ2n) is 3.73. The Balaban J connectivity index is 2.26. The second kappa shape index (κ2) is 3.43. The van der Waals surface area contributed by atoms with Crippen LogP contribution in [0.2, 0.25) is 0 Å². The first-order valence-electron chi connectivity index (χ1n) is 4.79. The quantitative estimate of drug-likeness (QED) is 0.742. The maximum absolute atomic E-state index is 11.1. The Kier molecular flexibility index (Phi) is 2.16. The molecule has 2 aromatic rings. The summed E-state index contributed by atoms with van der Waals surface area (Å²) in [5, 5.41) is 10.8. The molecule has 0 amide bonds. The van der Waals surface area contributed by atoms with E-state index in [0.717, 1.165) is 26.9 Å². The molecule has 0 radical (unpaired) electrons. The average Bonchev–Trinajstić information content (AvgIpc) is 2.74. The van der Waals surface area contributed by atoms with Gasteiger partial charge in [-0.05, 0) is 23.3 Å². The van der Waals surface area contributed by atoms with Crippen molar-refractivity contribution in [2.45, 2.75) is 6.42 Å². The molecule has 80 valence electrons. The highest BCUT2D eigenvalue weighted by Gasteiger charge is 2.26. The maximum atomic E-state index is 11.1. The molecule has 0 unspecified atom stereocenters. The zero-order chi connectivity index (χ0) is 11.3. The highest BCUT2D eigenvalue weighted by molar-refractivity contribution is 9.10. The predicted octanol–water partition coefficient (Wildman–Crippen LogP) is 3.78. The molecule has 1 heterocycles. The summed E-state index contributed by atoms with van der Waals surface area (Å²) in [5.41, 5.74) is 3.62. The lowest BCUT2D eigenvalue weighted by molar-refractivity contribution is 0.0698. The molecule has 0 bridgehead atoms. The van der Waals surface area contributed by atoms with Crippen LogP contribution in [0.3, 0.4) is 0 Å². The van der Waals surface area contributed by atoms with Gasteiger partial charge in [-0.3, -0.25) is 0 Å². The summed E-state index contributed by atoms with van der Waals surface area (Å²) in [6.07, 6.45) is 0.849. The SMILES string of the molecule is O=C(O)c1csc2c1-c1ccc(Br)cc1C2. The summed E-state index contributed by atoms with van der Waals surface area (Å²) in [4.78, 5) is 12.3. The van der Waals surface area contributed by atoms with Crippen molar-refractivity contribution in [3.63, 3.8) is 0 Å². The fraction of sp³-hybridized carbons (Fsp3) is 0.0833. The first-order valence-corrected chi connectivity index (χ1v) is 6.46. The Bertz CT molecular complexity index is 601. The standard InChI is InChI=1S/C12H7BrO2S/c13-7-1-2-8-6(3-7)4-10-11(8)9(5-16-10)12(14)15/h1-3,5H,4H2,(H,14,15). The summed E-state index contributed by atoms with van der Waals surface area (Å²) in [7, 11) is 0. The van der Waals surface area contributed by atoms with Gasteiger partial charge in [-0.25, -0.2) is 4.79 Å². The van der Waals surface area contributed by atoms with Crippen LogP contribution in [0.15, 0.2) is 28.1 Å². The highest BCUT2D eigenvalue weighted by Crippen LogP contribution is 2.43. The predicted molar refractivity (Wildman–Crippen MR) is 67.2 cm³/mol. The van der Waals surface area contributed by atoms with Crippen LogP contribution in [0, 0.1) is 0 Å². The minimum Gasteiger partial charge on any atom is -0.478 e. The zero-order valence-corrected chi connectivity index (χ0v) is 10.6. The third-order valence-electron chi connectivity index (χ3n) is 2.79.